The third-order valence-corrected chi connectivity index (χ3v) is 2.42. The van der Waals surface area contributed by atoms with E-state index in [1.165, 1.54) is 0 Å². The number of methoxy groups -OCH3 is 1. The highest BCUT2D eigenvalue weighted by Gasteiger charge is 2.23. The molecule has 0 heterocycles. The van der Waals surface area contributed by atoms with E-state index in [1.54, 1.807) is 0 Å². The van der Waals surface area contributed by atoms with Crippen LogP contribution < -0.4 is 10.5 Å². The van der Waals surface area contributed by atoms with Crippen molar-refractivity contribution in [1.82, 2.24) is 0 Å². The Kier molecular flexibility index (Phi) is 4.25. The van der Waals surface area contributed by atoms with Crippen molar-refractivity contribution in [2.75, 3.05) is 7.11 Å². The van der Waals surface area contributed by atoms with Crippen LogP contribution in [-0.4, -0.2) is 18.2 Å². The van der Waals surface area contributed by atoms with E-state index < -0.39 is 35.8 Å². The lowest BCUT2D eigenvalue weighted by Crippen LogP contribution is -2.17. The van der Waals surface area contributed by atoms with Crippen molar-refractivity contribution in [1.29, 1.82) is 0 Å². The summed E-state index contributed by atoms with van der Waals surface area (Å²) in [7, 11) is 1.07. The van der Waals surface area contributed by atoms with Gasteiger partial charge in [0, 0.05) is 11.6 Å². The number of halogens is 3. The molecule has 1 aromatic carbocycles. The van der Waals surface area contributed by atoms with Gasteiger partial charge in [-0.2, -0.15) is 0 Å². The molecule has 4 nitrogen and oxygen atoms in total. The van der Waals surface area contributed by atoms with E-state index in [4.69, 9.17) is 22.4 Å². The van der Waals surface area contributed by atoms with E-state index in [0.29, 0.717) is 0 Å². The first kappa shape index (κ1) is 13.7. The lowest BCUT2D eigenvalue weighted by Gasteiger charge is -2.14. The summed E-state index contributed by atoms with van der Waals surface area (Å²) in [5.74, 6) is -3.95. The van der Waals surface area contributed by atoms with Crippen LogP contribution >= 0.6 is 11.6 Å². The van der Waals surface area contributed by atoms with E-state index in [0.717, 1.165) is 13.2 Å². The highest BCUT2D eigenvalue weighted by molar-refractivity contribution is 6.31. The molecule has 0 fully saturated rings. The van der Waals surface area contributed by atoms with Crippen LogP contribution in [0.15, 0.2) is 6.07 Å². The third-order valence-electron chi connectivity index (χ3n) is 2.14. The molecule has 3 N–H and O–H groups in total. The molecule has 17 heavy (non-hydrogen) atoms. The molecule has 0 saturated carbocycles. The van der Waals surface area contributed by atoms with Gasteiger partial charge in [-0.3, -0.25) is 4.79 Å². The van der Waals surface area contributed by atoms with E-state index >= 15 is 0 Å². The third kappa shape index (κ3) is 2.83. The maximum atomic E-state index is 13.7. The van der Waals surface area contributed by atoms with Gasteiger partial charge < -0.3 is 15.6 Å². The van der Waals surface area contributed by atoms with Gasteiger partial charge in [0.05, 0.1) is 18.6 Å². The first-order valence-electron chi connectivity index (χ1n) is 4.57. The van der Waals surface area contributed by atoms with Crippen molar-refractivity contribution in [3.8, 4) is 5.75 Å². The number of ether oxygens (including phenoxy) is 1. The lowest BCUT2D eigenvalue weighted by atomic mass is 10.0. The first-order chi connectivity index (χ1) is 7.88. The normalized spacial score (nSPS) is 12.3. The van der Waals surface area contributed by atoms with Gasteiger partial charge in [0.15, 0.2) is 17.4 Å². The molecular formula is C10H10ClF2NO3. The molecule has 0 aliphatic carbocycles. The molecule has 1 aromatic rings. The van der Waals surface area contributed by atoms with Crippen LogP contribution in [0, 0.1) is 11.6 Å². The molecule has 0 aliphatic heterocycles. The number of carboxylic acids is 1. The topological polar surface area (TPSA) is 72.5 Å². The predicted octanol–water partition coefficient (Wildman–Crippen LogP) is 2.10. The number of hydrogen-bond acceptors (Lipinski definition) is 3. The number of aliphatic carboxylic acids is 1. The predicted molar refractivity (Wildman–Crippen MR) is 57.1 cm³/mol. The average Bonchev–Trinajstić information content (AvgIpc) is 2.23. The molecule has 0 saturated heterocycles. The molecule has 7 heteroatoms. The Morgan fingerprint density at radius 2 is 2.18 bits per heavy atom. The zero-order chi connectivity index (χ0) is 13.2. The van der Waals surface area contributed by atoms with Crippen molar-refractivity contribution < 1.29 is 23.4 Å². The van der Waals surface area contributed by atoms with Crippen LogP contribution in [0.1, 0.15) is 18.0 Å². The molecule has 0 aromatic heterocycles. The SMILES string of the molecule is COc1c(F)c(Cl)cc(C(N)CC(=O)O)c1F. The Morgan fingerprint density at radius 3 is 2.65 bits per heavy atom. The van der Waals surface area contributed by atoms with Crippen molar-refractivity contribution in [2.45, 2.75) is 12.5 Å². The Morgan fingerprint density at radius 1 is 1.59 bits per heavy atom. The fraction of sp³-hybridized carbons (Fsp3) is 0.300. The fourth-order valence-electron chi connectivity index (χ4n) is 1.35. The summed E-state index contributed by atoms with van der Waals surface area (Å²) in [6.45, 7) is 0. The van der Waals surface area contributed by atoms with E-state index in [2.05, 4.69) is 4.74 Å². The average molecular weight is 266 g/mol. The van der Waals surface area contributed by atoms with E-state index in [9.17, 15) is 13.6 Å². The summed E-state index contributed by atoms with van der Waals surface area (Å²) in [6.07, 6.45) is -0.498. The summed E-state index contributed by atoms with van der Waals surface area (Å²) < 4.78 is 31.5. The minimum atomic E-state index is -1.20. The van der Waals surface area contributed by atoms with Crippen molar-refractivity contribution in [3.63, 3.8) is 0 Å². The lowest BCUT2D eigenvalue weighted by molar-refractivity contribution is -0.137. The molecule has 0 radical (unpaired) electrons. The molecule has 0 aliphatic rings. The van der Waals surface area contributed by atoms with Crippen molar-refractivity contribution in [2.24, 2.45) is 5.73 Å². The van der Waals surface area contributed by atoms with Gasteiger partial charge in [-0.25, -0.2) is 8.78 Å². The largest absolute Gasteiger partial charge is 0.491 e. The minimum Gasteiger partial charge on any atom is -0.491 e. The Hall–Kier alpha value is -1.40. The maximum Gasteiger partial charge on any atom is 0.305 e. The Bertz CT molecular complexity index is 454. The van der Waals surface area contributed by atoms with Gasteiger partial charge in [0.1, 0.15) is 0 Å². The molecule has 1 rings (SSSR count). The van der Waals surface area contributed by atoms with Gasteiger partial charge >= 0.3 is 5.97 Å². The summed E-state index contributed by atoms with van der Waals surface area (Å²) in [5, 5.41) is 8.17. The van der Waals surface area contributed by atoms with Gasteiger partial charge in [-0.1, -0.05) is 11.6 Å². The number of hydrogen-bond donors (Lipinski definition) is 2. The van der Waals surface area contributed by atoms with E-state index in [1.807, 2.05) is 0 Å². The smallest absolute Gasteiger partial charge is 0.305 e. The molecule has 94 valence electrons. The quantitative estimate of drug-likeness (QED) is 0.818. The minimum absolute atomic E-state index is 0.198. The highest BCUT2D eigenvalue weighted by Crippen LogP contribution is 2.33. The second-order valence-corrected chi connectivity index (χ2v) is 3.72. The number of rotatable bonds is 4. The molecule has 1 unspecified atom stereocenters. The fourth-order valence-corrected chi connectivity index (χ4v) is 1.55. The second-order valence-electron chi connectivity index (χ2n) is 3.31. The Labute approximate surface area is 101 Å². The first-order valence-corrected chi connectivity index (χ1v) is 4.95. The Balaban J connectivity index is 3.25. The molecule has 0 bridgehead atoms. The standard InChI is InChI=1S/C10H10ClF2NO3/c1-17-10-8(12)4(2-5(11)9(10)13)6(14)3-7(15)16/h2,6H,3,14H2,1H3,(H,15,16). The van der Waals surface area contributed by atoms with Crippen LogP contribution in [0.4, 0.5) is 8.78 Å². The zero-order valence-electron chi connectivity index (χ0n) is 8.84. The number of benzene rings is 1. The molecule has 0 spiro atoms. The number of nitrogens with two attached hydrogens (primary N) is 1. The monoisotopic (exact) mass is 265 g/mol. The van der Waals surface area contributed by atoms with Crippen LogP contribution in [0.3, 0.4) is 0 Å². The summed E-state index contributed by atoms with van der Waals surface area (Å²) >= 11 is 5.53. The van der Waals surface area contributed by atoms with E-state index in [-0.39, 0.29) is 10.6 Å². The van der Waals surface area contributed by atoms with Gasteiger partial charge in [0.2, 0.25) is 0 Å². The second kappa shape index (κ2) is 5.29. The van der Waals surface area contributed by atoms with Crippen LogP contribution in [-0.2, 0) is 4.79 Å². The molecular weight excluding hydrogens is 256 g/mol. The molecule has 1 atom stereocenters. The van der Waals surface area contributed by atoms with Gasteiger partial charge in [-0.15, -0.1) is 0 Å². The number of carbonyl (C=O) groups is 1. The zero-order valence-corrected chi connectivity index (χ0v) is 9.59. The summed E-state index contributed by atoms with van der Waals surface area (Å²) in [4.78, 5) is 10.5. The van der Waals surface area contributed by atoms with Gasteiger partial charge in [0.25, 0.3) is 0 Å². The summed E-state index contributed by atoms with van der Waals surface area (Å²) in [5.41, 5.74) is 5.28. The molecule has 0 amide bonds. The maximum absolute atomic E-state index is 13.7. The highest BCUT2D eigenvalue weighted by atomic mass is 35.5. The van der Waals surface area contributed by atoms with Crippen molar-refractivity contribution in [3.05, 3.63) is 28.3 Å². The van der Waals surface area contributed by atoms with Crippen LogP contribution in [0.2, 0.25) is 5.02 Å². The van der Waals surface area contributed by atoms with Gasteiger partial charge in [-0.05, 0) is 6.07 Å². The van der Waals surface area contributed by atoms with Crippen molar-refractivity contribution >= 4 is 17.6 Å². The van der Waals surface area contributed by atoms with Crippen LogP contribution in [0.5, 0.6) is 5.75 Å². The van der Waals surface area contributed by atoms with Crippen LogP contribution in [0.25, 0.3) is 0 Å². The number of carboxylic acid groups (broad SMARTS) is 1. The summed E-state index contributed by atoms with van der Waals surface area (Å²) in [6, 6.07) is -0.165.